The third kappa shape index (κ3) is 4.96. The van der Waals surface area contributed by atoms with Crippen LogP contribution in [0.4, 0.5) is 0 Å². The van der Waals surface area contributed by atoms with Gasteiger partial charge in [0.1, 0.15) is 5.78 Å². The minimum Gasteiger partial charge on any atom is -0.361 e. The molecule has 1 unspecified atom stereocenters. The maximum absolute atomic E-state index is 12.9. The van der Waals surface area contributed by atoms with Crippen molar-refractivity contribution in [2.45, 2.75) is 17.1 Å². The van der Waals surface area contributed by atoms with E-state index in [1.165, 1.54) is 12.1 Å². The van der Waals surface area contributed by atoms with Crippen LogP contribution in [0, 0.1) is 0 Å². The van der Waals surface area contributed by atoms with Gasteiger partial charge in [0, 0.05) is 28.5 Å². The molecule has 0 bridgehead atoms. The first-order chi connectivity index (χ1) is 15.1. The molecule has 0 aliphatic heterocycles. The van der Waals surface area contributed by atoms with E-state index in [1.807, 2.05) is 30.3 Å². The molecular weight excluding hydrogens is 471 g/mol. The van der Waals surface area contributed by atoms with Crippen molar-refractivity contribution in [1.29, 1.82) is 0 Å². The molecule has 10 heteroatoms. The zero-order valence-corrected chi connectivity index (χ0v) is 19.1. The second-order valence-corrected chi connectivity index (χ2v) is 11.3. The molecule has 1 atom stereocenters. The van der Waals surface area contributed by atoms with E-state index >= 15 is 0 Å². The lowest BCUT2D eigenvalue weighted by Crippen LogP contribution is -2.36. The van der Waals surface area contributed by atoms with E-state index in [9.17, 15) is 22.8 Å². The van der Waals surface area contributed by atoms with Crippen LogP contribution in [-0.4, -0.2) is 29.0 Å². The van der Waals surface area contributed by atoms with Crippen molar-refractivity contribution < 1.29 is 22.8 Å². The highest BCUT2D eigenvalue weighted by molar-refractivity contribution is 7.89. The van der Waals surface area contributed by atoms with Crippen LogP contribution in [0.3, 0.4) is 0 Å². The highest BCUT2D eigenvalue weighted by atomic mass is 35.5. The summed E-state index contributed by atoms with van der Waals surface area (Å²) in [5.74, 6) is -1.61. The largest absolute Gasteiger partial charge is 0.361 e. The van der Waals surface area contributed by atoms with Gasteiger partial charge in [-0.05, 0) is 47.0 Å². The number of H-pyrrole nitrogens is 1. The Morgan fingerprint density at radius 2 is 1.53 bits per heavy atom. The molecule has 1 heterocycles. The van der Waals surface area contributed by atoms with Gasteiger partial charge >= 0.3 is 7.60 Å². The van der Waals surface area contributed by atoms with Crippen molar-refractivity contribution >= 4 is 40.1 Å². The van der Waals surface area contributed by atoms with Crippen LogP contribution in [0.25, 0.3) is 22.0 Å². The van der Waals surface area contributed by atoms with E-state index in [-0.39, 0.29) is 11.3 Å². The Morgan fingerprint density at radius 3 is 2.16 bits per heavy atom. The van der Waals surface area contributed by atoms with Gasteiger partial charge in [0.2, 0.25) is 10.0 Å². The molecule has 0 radical (unpaired) electrons. The zero-order valence-electron chi connectivity index (χ0n) is 16.6. The van der Waals surface area contributed by atoms with Gasteiger partial charge in [-0.3, -0.25) is 4.57 Å². The molecule has 0 aliphatic rings. The first kappa shape index (κ1) is 22.7. The lowest BCUT2D eigenvalue weighted by molar-refractivity contribution is 0.353. The minimum atomic E-state index is -4.79. The van der Waals surface area contributed by atoms with Gasteiger partial charge < -0.3 is 14.8 Å². The van der Waals surface area contributed by atoms with Crippen LogP contribution in [0.2, 0.25) is 5.02 Å². The minimum absolute atomic E-state index is 0.0902. The molecule has 0 saturated carbocycles. The van der Waals surface area contributed by atoms with Gasteiger partial charge in [0.15, 0.2) is 0 Å². The van der Waals surface area contributed by atoms with Gasteiger partial charge in [-0.1, -0.05) is 54.1 Å². The molecule has 166 valence electrons. The lowest BCUT2D eigenvalue weighted by atomic mass is 10.1. The highest BCUT2D eigenvalue weighted by Gasteiger charge is 2.34. The number of halogens is 1. The average molecular weight is 491 g/mol. The fraction of sp³-hybridized carbons (Fsp3) is 0.0909. The summed E-state index contributed by atoms with van der Waals surface area (Å²) in [6.45, 7) is 0. The van der Waals surface area contributed by atoms with Gasteiger partial charge in [0.25, 0.3) is 0 Å². The lowest BCUT2D eigenvalue weighted by Gasteiger charge is -2.20. The van der Waals surface area contributed by atoms with E-state index in [4.69, 9.17) is 11.6 Å². The molecule has 3 aromatic carbocycles. The number of sulfonamides is 1. The summed E-state index contributed by atoms with van der Waals surface area (Å²) in [5, 5.41) is 1.37. The third-order valence-electron chi connectivity index (χ3n) is 5.13. The van der Waals surface area contributed by atoms with Crippen LogP contribution in [0.5, 0.6) is 0 Å². The average Bonchev–Trinajstić information content (AvgIpc) is 3.16. The standard InChI is InChI=1S/C22H20ClN2O5PS/c23-18-9-5-15(6-10-18)16-7-11-19(12-8-16)32(29,30)25-22(31(26,27)28)13-17-14-24-21-4-2-1-3-20(17)21/h1-12,14,22,24-25H,13H2,(H2,26,27,28). The number of para-hydroxylation sites is 1. The van der Waals surface area contributed by atoms with Gasteiger partial charge in [-0.2, -0.15) is 4.72 Å². The Morgan fingerprint density at radius 1 is 0.938 bits per heavy atom. The second kappa shape index (κ2) is 8.83. The van der Waals surface area contributed by atoms with Gasteiger partial charge in [-0.15, -0.1) is 0 Å². The van der Waals surface area contributed by atoms with E-state index in [2.05, 4.69) is 9.71 Å². The van der Waals surface area contributed by atoms with Crippen molar-refractivity contribution in [2.75, 3.05) is 0 Å². The van der Waals surface area contributed by atoms with Crippen LogP contribution < -0.4 is 4.72 Å². The Hall–Kier alpha value is -2.45. The maximum atomic E-state index is 12.9. The molecule has 4 N–H and O–H groups in total. The van der Waals surface area contributed by atoms with E-state index in [0.29, 0.717) is 10.6 Å². The number of fused-ring (bicyclic) bond motifs is 1. The molecule has 0 fully saturated rings. The van der Waals surface area contributed by atoms with E-state index in [1.54, 1.807) is 36.5 Å². The van der Waals surface area contributed by atoms with Gasteiger partial charge in [0.05, 0.1) is 4.90 Å². The molecule has 1 aromatic heterocycles. The number of aromatic nitrogens is 1. The van der Waals surface area contributed by atoms with E-state index in [0.717, 1.165) is 22.0 Å². The molecule has 4 rings (SSSR count). The number of rotatable bonds is 7. The predicted octanol–water partition coefficient (Wildman–Crippen LogP) is 4.51. The highest BCUT2D eigenvalue weighted by Crippen LogP contribution is 2.42. The first-order valence-electron chi connectivity index (χ1n) is 9.62. The molecule has 7 nitrogen and oxygen atoms in total. The Labute approximate surface area is 190 Å². The fourth-order valence-corrected chi connectivity index (χ4v) is 6.05. The van der Waals surface area contributed by atoms with Crippen LogP contribution in [0.15, 0.2) is 83.9 Å². The van der Waals surface area contributed by atoms with Crippen molar-refractivity contribution in [3.63, 3.8) is 0 Å². The smallest absolute Gasteiger partial charge is 0.343 e. The maximum Gasteiger partial charge on any atom is 0.343 e. The SMILES string of the molecule is O=P(O)(O)C(Cc1c[nH]c2ccccc12)NS(=O)(=O)c1ccc(-c2ccc(Cl)cc2)cc1. The summed E-state index contributed by atoms with van der Waals surface area (Å²) in [6.07, 6.45) is 1.46. The quantitative estimate of drug-likeness (QED) is 0.284. The number of nitrogens with one attached hydrogen (secondary N) is 2. The number of benzene rings is 3. The Balaban J connectivity index is 1.59. The van der Waals surface area contributed by atoms with Crippen LogP contribution >= 0.6 is 19.2 Å². The van der Waals surface area contributed by atoms with Crippen LogP contribution in [-0.2, 0) is 21.0 Å². The van der Waals surface area contributed by atoms with Crippen molar-refractivity contribution in [1.82, 2.24) is 9.71 Å². The second-order valence-electron chi connectivity index (χ2n) is 7.32. The molecule has 0 saturated heterocycles. The summed E-state index contributed by atoms with van der Waals surface area (Å²) in [6, 6.07) is 20.4. The molecule has 0 aliphatic carbocycles. The van der Waals surface area contributed by atoms with E-state index < -0.39 is 23.4 Å². The normalized spacial score (nSPS) is 13.3. The predicted molar refractivity (Wildman–Crippen MR) is 125 cm³/mol. The van der Waals surface area contributed by atoms with Crippen molar-refractivity contribution in [2.24, 2.45) is 0 Å². The molecule has 4 aromatic rings. The Bertz CT molecular complexity index is 1400. The molecule has 32 heavy (non-hydrogen) atoms. The Kier molecular flexibility index (Phi) is 6.27. The topological polar surface area (TPSA) is 119 Å². The van der Waals surface area contributed by atoms with Crippen molar-refractivity contribution in [3.8, 4) is 11.1 Å². The van der Waals surface area contributed by atoms with Crippen LogP contribution in [0.1, 0.15) is 5.56 Å². The molecule has 0 amide bonds. The number of aromatic amines is 1. The zero-order chi connectivity index (χ0) is 22.9. The number of hydrogen-bond donors (Lipinski definition) is 4. The summed E-state index contributed by atoms with van der Waals surface area (Å²) in [5.41, 5.74) is 3.05. The fourth-order valence-electron chi connectivity index (χ4n) is 3.45. The molecule has 0 spiro atoms. The van der Waals surface area contributed by atoms with Crippen molar-refractivity contribution in [3.05, 3.63) is 89.6 Å². The monoisotopic (exact) mass is 490 g/mol. The third-order valence-corrected chi connectivity index (χ3v) is 8.17. The summed E-state index contributed by atoms with van der Waals surface area (Å²) in [7, 11) is -8.97. The molecular formula is C22H20ClN2O5PS. The summed E-state index contributed by atoms with van der Waals surface area (Å²) < 4.78 is 40.1. The van der Waals surface area contributed by atoms with Gasteiger partial charge in [-0.25, -0.2) is 8.42 Å². The summed E-state index contributed by atoms with van der Waals surface area (Å²) >= 11 is 5.90. The first-order valence-corrected chi connectivity index (χ1v) is 13.2. The number of hydrogen-bond acceptors (Lipinski definition) is 3. The summed E-state index contributed by atoms with van der Waals surface area (Å²) in [4.78, 5) is 22.6.